The number of nitrogen functional groups attached to an aromatic ring is 1. The molecule has 0 aromatic heterocycles. The van der Waals surface area contributed by atoms with Crippen LogP contribution in [0.15, 0.2) is 18.2 Å². The summed E-state index contributed by atoms with van der Waals surface area (Å²) in [5.74, 6) is 0.330. The first kappa shape index (κ1) is 14.7. The largest absolute Gasteiger partial charge is 0.496 e. The number of aliphatic hydroxyl groups is 1. The van der Waals surface area contributed by atoms with E-state index in [-0.39, 0.29) is 18.6 Å². The van der Waals surface area contributed by atoms with E-state index in [1.807, 2.05) is 0 Å². The van der Waals surface area contributed by atoms with Crippen LogP contribution in [0.3, 0.4) is 0 Å². The van der Waals surface area contributed by atoms with Gasteiger partial charge in [-0.1, -0.05) is 18.9 Å². The van der Waals surface area contributed by atoms with Crippen molar-refractivity contribution >= 4 is 11.6 Å². The average Bonchev–Trinajstić information content (AvgIpc) is 2.71. The van der Waals surface area contributed by atoms with Gasteiger partial charge in [0.2, 0.25) is 0 Å². The van der Waals surface area contributed by atoms with E-state index in [1.54, 1.807) is 23.1 Å². The quantitative estimate of drug-likeness (QED) is 0.824. The SMILES string of the molecule is COc1cccc(N)c1C(=O)N1CCCCCC1CO. The second-order valence-corrected chi connectivity index (χ2v) is 5.11. The van der Waals surface area contributed by atoms with Gasteiger partial charge in [0, 0.05) is 12.2 Å². The molecule has 1 atom stereocenters. The smallest absolute Gasteiger partial charge is 0.260 e. The number of rotatable bonds is 3. The van der Waals surface area contributed by atoms with Gasteiger partial charge in [0.1, 0.15) is 11.3 Å². The molecule has 1 heterocycles. The molecule has 0 bridgehead atoms. The highest BCUT2D eigenvalue weighted by atomic mass is 16.5. The third-order valence-electron chi connectivity index (χ3n) is 3.84. The maximum absolute atomic E-state index is 12.8. The van der Waals surface area contributed by atoms with Crippen LogP contribution in [-0.2, 0) is 0 Å². The van der Waals surface area contributed by atoms with Gasteiger partial charge in [-0.2, -0.15) is 0 Å². The van der Waals surface area contributed by atoms with Crippen molar-refractivity contribution in [1.29, 1.82) is 0 Å². The van der Waals surface area contributed by atoms with E-state index in [2.05, 4.69) is 0 Å². The van der Waals surface area contributed by atoms with E-state index in [0.717, 1.165) is 25.7 Å². The first-order chi connectivity index (χ1) is 9.69. The Morgan fingerprint density at radius 1 is 1.45 bits per heavy atom. The van der Waals surface area contributed by atoms with E-state index in [9.17, 15) is 9.90 Å². The Hall–Kier alpha value is -1.75. The maximum Gasteiger partial charge on any atom is 0.260 e. The zero-order chi connectivity index (χ0) is 14.5. The third-order valence-corrected chi connectivity index (χ3v) is 3.84. The molecule has 5 nitrogen and oxygen atoms in total. The molecule has 2 rings (SSSR count). The summed E-state index contributed by atoms with van der Waals surface area (Å²) in [7, 11) is 1.53. The number of methoxy groups -OCH3 is 1. The maximum atomic E-state index is 12.8. The number of nitrogens with two attached hydrogens (primary N) is 1. The van der Waals surface area contributed by atoms with Gasteiger partial charge in [-0.3, -0.25) is 4.79 Å². The van der Waals surface area contributed by atoms with Crippen molar-refractivity contribution in [2.24, 2.45) is 0 Å². The zero-order valence-electron chi connectivity index (χ0n) is 11.8. The third kappa shape index (κ3) is 2.88. The predicted molar refractivity (Wildman–Crippen MR) is 77.8 cm³/mol. The molecule has 1 aromatic carbocycles. The van der Waals surface area contributed by atoms with Crippen LogP contribution >= 0.6 is 0 Å². The van der Waals surface area contributed by atoms with Gasteiger partial charge in [0.15, 0.2) is 0 Å². The second kappa shape index (κ2) is 6.61. The van der Waals surface area contributed by atoms with Crippen LogP contribution in [0.25, 0.3) is 0 Å². The normalized spacial score (nSPS) is 19.5. The Labute approximate surface area is 119 Å². The molecule has 1 aliphatic heterocycles. The standard InChI is InChI=1S/C15H22N2O3/c1-20-13-8-5-7-12(16)14(13)15(19)17-9-4-2-3-6-11(17)10-18/h5,7-8,11,18H,2-4,6,9-10,16H2,1H3. The molecule has 0 spiro atoms. The van der Waals surface area contributed by atoms with E-state index in [4.69, 9.17) is 10.5 Å². The molecule has 3 N–H and O–H groups in total. The lowest BCUT2D eigenvalue weighted by Crippen LogP contribution is -2.42. The monoisotopic (exact) mass is 278 g/mol. The minimum atomic E-state index is -0.152. The summed E-state index contributed by atoms with van der Waals surface area (Å²) in [5.41, 5.74) is 6.75. The van der Waals surface area contributed by atoms with Crippen LogP contribution in [0, 0.1) is 0 Å². The summed E-state index contributed by atoms with van der Waals surface area (Å²) in [6.07, 6.45) is 3.91. The number of anilines is 1. The zero-order valence-corrected chi connectivity index (χ0v) is 11.8. The molecule has 20 heavy (non-hydrogen) atoms. The van der Waals surface area contributed by atoms with Crippen molar-refractivity contribution < 1.29 is 14.6 Å². The van der Waals surface area contributed by atoms with Crippen LogP contribution < -0.4 is 10.5 Å². The molecule has 1 fully saturated rings. The Balaban J connectivity index is 2.33. The molecule has 0 saturated carbocycles. The summed E-state index contributed by atoms with van der Waals surface area (Å²) in [5, 5.41) is 9.52. The van der Waals surface area contributed by atoms with Crippen LogP contribution in [-0.4, -0.2) is 42.2 Å². The van der Waals surface area contributed by atoms with Gasteiger partial charge in [-0.25, -0.2) is 0 Å². The number of likely N-dealkylation sites (tertiary alicyclic amines) is 1. The number of hydrogen-bond donors (Lipinski definition) is 2. The fraction of sp³-hybridized carbons (Fsp3) is 0.533. The first-order valence-electron chi connectivity index (χ1n) is 7.03. The molecule has 1 unspecified atom stereocenters. The average molecular weight is 278 g/mol. The minimum absolute atomic E-state index is 0.0131. The van der Waals surface area contributed by atoms with Gasteiger partial charge >= 0.3 is 0 Å². The lowest BCUT2D eigenvalue weighted by atomic mass is 10.1. The van der Waals surface area contributed by atoms with Crippen molar-refractivity contribution in [3.63, 3.8) is 0 Å². The fourth-order valence-electron chi connectivity index (χ4n) is 2.73. The Kier molecular flexibility index (Phi) is 4.84. The molecule has 1 aliphatic rings. The lowest BCUT2D eigenvalue weighted by molar-refractivity contribution is 0.0597. The van der Waals surface area contributed by atoms with Crippen molar-refractivity contribution in [2.45, 2.75) is 31.7 Å². The number of carbonyl (C=O) groups excluding carboxylic acids is 1. The van der Waals surface area contributed by atoms with Crippen molar-refractivity contribution in [3.8, 4) is 5.75 Å². The van der Waals surface area contributed by atoms with Gasteiger partial charge in [0.05, 0.1) is 19.8 Å². The topological polar surface area (TPSA) is 75.8 Å². The van der Waals surface area contributed by atoms with E-state index < -0.39 is 0 Å². The van der Waals surface area contributed by atoms with Crippen LogP contribution in [0.2, 0.25) is 0 Å². The molecule has 1 aromatic rings. The van der Waals surface area contributed by atoms with Gasteiger partial charge in [0.25, 0.3) is 5.91 Å². The summed E-state index contributed by atoms with van der Waals surface area (Å²) in [6.45, 7) is 0.641. The predicted octanol–water partition coefficient (Wildman–Crippen LogP) is 1.65. The van der Waals surface area contributed by atoms with Crippen molar-refractivity contribution in [1.82, 2.24) is 4.90 Å². The highest BCUT2D eigenvalue weighted by Gasteiger charge is 2.28. The fourth-order valence-corrected chi connectivity index (χ4v) is 2.73. The van der Waals surface area contributed by atoms with E-state index >= 15 is 0 Å². The first-order valence-corrected chi connectivity index (χ1v) is 7.03. The van der Waals surface area contributed by atoms with Crippen molar-refractivity contribution in [2.75, 3.05) is 26.0 Å². The summed E-state index contributed by atoms with van der Waals surface area (Å²) >= 11 is 0. The molecular formula is C15H22N2O3. The Morgan fingerprint density at radius 3 is 2.95 bits per heavy atom. The summed E-state index contributed by atoms with van der Waals surface area (Å²) in [4.78, 5) is 14.5. The van der Waals surface area contributed by atoms with Crippen molar-refractivity contribution in [3.05, 3.63) is 23.8 Å². The van der Waals surface area contributed by atoms with E-state index in [1.165, 1.54) is 7.11 Å². The molecular weight excluding hydrogens is 256 g/mol. The van der Waals surface area contributed by atoms with E-state index in [0.29, 0.717) is 23.5 Å². The molecule has 0 radical (unpaired) electrons. The van der Waals surface area contributed by atoms with Crippen LogP contribution in [0.4, 0.5) is 5.69 Å². The highest BCUT2D eigenvalue weighted by Crippen LogP contribution is 2.28. The van der Waals surface area contributed by atoms with Crippen LogP contribution in [0.5, 0.6) is 5.75 Å². The molecule has 1 amide bonds. The summed E-state index contributed by atoms with van der Waals surface area (Å²) < 4.78 is 5.25. The summed E-state index contributed by atoms with van der Waals surface area (Å²) in [6, 6.07) is 5.06. The molecule has 5 heteroatoms. The second-order valence-electron chi connectivity index (χ2n) is 5.11. The van der Waals surface area contributed by atoms with Gasteiger partial charge in [-0.15, -0.1) is 0 Å². The lowest BCUT2D eigenvalue weighted by Gasteiger charge is -2.29. The van der Waals surface area contributed by atoms with Gasteiger partial charge < -0.3 is 20.5 Å². The number of ether oxygens (including phenoxy) is 1. The molecule has 110 valence electrons. The molecule has 0 aliphatic carbocycles. The molecule has 1 saturated heterocycles. The minimum Gasteiger partial charge on any atom is -0.496 e. The number of hydrogen-bond acceptors (Lipinski definition) is 4. The number of carbonyl (C=O) groups is 1. The number of nitrogens with zero attached hydrogens (tertiary/aromatic N) is 1. The number of benzene rings is 1. The number of aliphatic hydroxyl groups excluding tert-OH is 1. The Bertz CT molecular complexity index is 476. The highest BCUT2D eigenvalue weighted by molar-refractivity contribution is 6.02. The Morgan fingerprint density at radius 2 is 2.25 bits per heavy atom. The van der Waals surface area contributed by atoms with Gasteiger partial charge in [-0.05, 0) is 25.0 Å². The van der Waals surface area contributed by atoms with Crippen LogP contribution in [0.1, 0.15) is 36.0 Å². The number of amides is 1.